The lowest BCUT2D eigenvalue weighted by Crippen LogP contribution is -2.46. The van der Waals surface area contributed by atoms with E-state index in [0.29, 0.717) is 21.7 Å². The van der Waals surface area contributed by atoms with Crippen LogP contribution < -0.4 is 0 Å². The summed E-state index contributed by atoms with van der Waals surface area (Å²) in [4.78, 5) is 0. The fraction of sp³-hybridized carbons (Fsp3) is 1.00. The monoisotopic (exact) mass is 238 g/mol. The maximum Gasteiger partial charge on any atom is -0.0264 e. The van der Waals surface area contributed by atoms with Gasteiger partial charge in [0.1, 0.15) is 0 Å². The SMILES string of the molecule is CCC(C)(C)CC1(C)CC(C)(C)CCC1(C)C. The van der Waals surface area contributed by atoms with Crippen LogP contribution in [-0.2, 0) is 0 Å². The maximum absolute atomic E-state index is 2.55. The summed E-state index contributed by atoms with van der Waals surface area (Å²) in [5, 5.41) is 0. The fourth-order valence-corrected chi connectivity index (χ4v) is 3.82. The summed E-state index contributed by atoms with van der Waals surface area (Å²) in [5.74, 6) is 0. The topological polar surface area (TPSA) is 0 Å². The van der Waals surface area contributed by atoms with E-state index in [2.05, 4.69) is 55.4 Å². The van der Waals surface area contributed by atoms with Crippen LogP contribution in [0.3, 0.4) is 0 Å². The quantitative estimate of drug-likeness (QED) is 0.561. The average Bonchev–Trinajstić information content (AvgIpc) is 2.11. The molecule has 0 spiro atoms. The average molecular weight is 238 g/mol. The van der Waals surface area contributed by atoms with E-state index in [0.717, 1.165) is 0 Å². The van der Waals surface area contributed by atoms with Gasteiger partial charge < -0.3 is 0 Å². The third kappa shape index (κ3) is 3.26. The normalized spacial score (nSPS) is 32.5. The van der Waals surface area contributed by atoms with E-state index >= 15 is 0 Å². The Morgan fingerprint density at radius 3 is 1.94 bits per heavy atom. The van der Waals surface area contributed by atoms with E-state index < -0.39 is 0 Å². The Kier molecular flexibility index (Phi) is 3.79. The molecule has 0 nitrogen and oxygen atoms in total. The Morgan fingerprint density at radius 1 is 0.941 bits per heavy atom. The van der Waals surface area contributed by atoms with Crippen molar-refractivity contribution in [2.45, 2.75) is 87.5 Å². The van der Waals surface area contributed by atoms with Gasteiger partial charge in [-0.15, -0.1) is 0 Å². The molecule has 1 aliphatic rings. The Hall–Kier alpha value is 0. The summed E-state index contributed by atoms with van der Waals surface area (Å²) in [5.41, 5.74) is 2.01. The van der Waals surface area contributed by atoms with Crippen LogP contribution in [0.4, 0.5) is 0 Å². The van der Waals surface area contributed by atoms with Crippen molar-refractivity contribution in [2.24, 2.45) is 21.7 Å². The van der Waals surface area contributed by atoms with E-state index in [9.17, 15) is 0 Å². The summed E-state index contributed by atoms with van der Waals surface area (Å²) >= 11 is 0. The minimum absolute atomic E-state index is 0.486. The van der Waals surface area contributed by atoms with Crippen LogP contribution in [0.1, 0.15) is 87.5 Å². The van der Waals surface area contributed by atoms with Gasteiger partial charge in [0.05, 0.1) is 0 Å². The maximum atomic E-state index is 2.55. The van der Waals surface area contributed by atoms with Crippen LogP contribution in [0, 0.1) is 21.7 Å². The Labute approximate surface area is 110 Å². The molecular formula is C17H34. The van der Waals surface area contributed by atoms with Gasteiger partial charge in [0, 0.05) is 0 Å². The van der Waals surface area contributed by atoms with Crippen molar-refractivity contribution >= 4 is 0 Å². The summed E-state index contributed by atoms with van der Waals surface area (Å²) in [6, 6.07) is 0. The summed E-state index contributed by atoms with van der Waals surface area (Å²) in [7, 11) is 0. The van der Waals surface area contributed by atoms with Crippen LogP contribution in [0.15, 0.2) is 0 Å². The van der Waals surface area contributed by atoms with Crippen LogP contribution in [0.2, 0.25) is 0 Å². The highest BCUT2D eigenvalue weighted by Gasteiger charge is 2.49. The molecule has 0 radical (unpaired) electrons. The molecule has 1 rings (SSSR count). The second-order valence-electron chi connectivity index (χ2n) is 8.98. The molecule has 0 N–H and O–H groups in total. The highest BCUT2D eigenvalue weighted by Crippen LogP contribution is 2.60. The first-order chi connectivity index (χ1) is 7.43. The number of hydrogen-bond acceptors (Lipinski definition) is 0. The third-order valence-electron chi connectivity index (χ3n) is 5.76. The van der Waals surface area contributed by atoms with Crippen molar-refractivity contribution in [3.63, 3.8) is 0 Å². The lowest BCUT2D eigenvalue weighted by molar-refractivity contribution is -0.0567. The molecule has 0 aromatic carbocycles. The fourth-order valence-electron chi connectivity index (χ4n) is 3.82. The van der Waals surface area contributed by atoms with Gasteiger partial charge in [-0.05, 0) is 47.3 Å². The van der Waals surface area contributed by atoms with Crippen LogP contribution in [0.25, 0.3) is 0 Å². The molecular weight excluding hydrogens is 204 g/mol. The summed E-state index contributed by atoms with van der Waals surface area (Å²) < 4.78 is 0. The first kappa shape index (κ1) is 15.1. The molecule has 1 aliphatic carbocycles. The molecule has 1 atom stereocenters. The molecule has 102 valence electrons. The Morgan fingerprint density at radius 2 is 1.47 bits per heavy atom. The lowest BCUT2D eigenvalue weighted by atomic mass is 9.49. The minimum Gasteiger partial charge on any atom is -0.0649 e. The third-order valence-corrected chi connectivity index (χ3v) is 5.76. The second kappa shape index (κ2) is 4.28. The van der Waals surface area contributed by atoms with Crippen molar-refractivity contribution in [3.8, 4) is 0 Å². The predicted octanol–water partition coefficient (Wildman–Crippen LogP) is 6.06. The van der Waals surface area contributed by atoms with E-state index in [1.54, 1.807) is 0 Å². The molecule has 0 bridgehead atoms. The summed E-state index contributed by atoms with van der Waals surface area (Å²) in [6.07, 6.45) is 6.82. The van der Waals surface area contributed by atoms with Crippen molar-refractivity contribution < 1.29 is 0 Å². The first-order valence-electron chi connectivity index (χ1n) is 7.43. The van der Waals surface area contributed by atoms with E-state index in [-0.39, 0.29) is 0 Å². The molecule has 0 aromatic heterocycles. The van der Waals surface area contributed by atoms with E-state index in [1.165, 1.54) is 32.1 Å². The van der Waals surface area contributed by atoms with Crippen molar-refractivity contribution in [1.29, 1.82) is 0 Å². The van der Waals surface area contributed by atoms with Gasteiger partial charge in [0.15, 0.2) is 0 Å². The highest BCUT2D eigenvalue weighted by atomic mass is 14.5. The first-order valence-corrected chi connectivity index (χ1v) is 7.43. The van der Waals surface area contributed by atoms with E-state index in [1.807, 2.05) is 0 Å². The molecule has 0 aliphatic heterocycles. The van der Waals surface area contributed by atoms with Crippen molar-refractivity contribution in [3.05, 3.63) is 0 Å². The second-order valence-corrected chi connectivity index (χ2v) is 8.98. The Balaban J connectivity index is 2.96. The molecule has 1 fully saturated rings. The largest absolute Gasteiger partial charge is 0.0649 e. The molecule has 0 heteroatoms. The van der Waals surface area contributed by atoms with Crippen molar-refractivity contribution in [1.82, 2.24) is 0 Å². The smallest absolute Gasteiger partial charge is 0.0264 e. The predicted molar refractivity (Wildman–Crippen MR) is 78.2 cm³/mol. The summed E-state index contributed by atoms with van der Waals surface area (Å²) in [6.45, 7) is 19.7. The molecule has 0 saturated heterocycles. The Bertz CT molecular complexity index is 270. The van der Waals surface area contributed by atoms with Gasteiger partial charge in [0.2, 0.25) is 0 Å². The zero-order valence-electron chi connectivity index (χ0n) is 13.5. The van der Waals surface area contributed by atoms with Crippen LogP contribution in [0.5, 0.6) is 0 Å². The van der Waals surface area contributed by atoms with Crippen LogP contribution >= 0.6 is 0 Å². The molecule has 1 unspecified atom stereocenters. The van der Waals surface area contributed by atoms with Gasteiger partial charge in [-0.3, -0.25) is 0 Å². The molecule has 17 heavy (non-hydrogen) atoms. The van der Waals surface area contributed by atoms with Gasteiger partial charge in [-0.25, -0.2) is 0 Å². The highest BCUT2D eigenvalue weighted by molar-refractivity contribution is 5.00. The van der Waals surface area contributed by atoms with Crippen LogP contribution in [-0.4, -0.2) is 0 Å². The standard InChI is InChI=1S/C17H34/c1-9-14(2,3)12-17(8)13-15(4,5)10-11-16(17,6)7/h9-13H2,1-8H3. The molecule has 0 aromatic rings. The zero-order chi connectivity index (χ0) is 13.5. The number of hydrogen-bond donors (Lipinski definition) is 0. The molecule has 0 heterocycles. The van der Waals surface area contributed by atoms with Gasteiger partial charge >= 0.3 is 0 Å². The molecule has 0 amide bonds. The number of rotatable bonds is 3. The molecule has 1 saturated carbocycles. The zero-order valence-corrected chi connectivity index (χ0v) is 13.5. The van der Waals surface area contributed by atoms with Crippen molar-refractivity contribution in [2.75, 3.05) is 0 Å². The van der Waals surface area contributed by atoms with Gasteiger partial charge in [-0.2, -0.15) is 0 Å². The van der Waals surface area contributed by atoms with E-state index in [4.69, 9.17) is 0 Å². The van der Waals surface area contributed by atoms with Gasteiger partial charge in [0.25, 0.3) is 0 Å². The minimum atomic E-state index is 0.486. The lowest BCUT2D eigenvalue weighted by Gasteiger charge is -2.56. The van der Waals surface area contributed by atoms with Gasteiger partial charge in [-0.1, -0.05) is 61.8 Å².